The number of carbonyl (C=O) groups is 1. The second-order valence-electron chi connectivity index (χ2n) is 6.32. The summed E-state index contributed by atoms with van der Waals surface area (Å²) in [5.74, 6) is -0.944. The number of nitrogens with zero attached hydrogens (tertiary/aromatic N) is 2. The number of nitrogens with one attached hydrogen (secondary N) is 1. The van der Waals surface area contributed by atoms with E-state index in [1.165, 1.54) is 6.07 Å². The van der Waals surface area contributed by atoms with Crippen LogP contribution in [0.15, 0.2) is 23.2 Å². The molecule has 0 bridgehead atoms. The largest absolute Gasteiger partial charge is 0.370 e. The fourth-order valence-corrected chi connectivity index (χ4v) is 3.16. The fraction of sp³-hybridized carbons (Fsp3) is 0.556. The van der Waals surface area contributed by atoms with Crippen molar-refractivity contribution in [2.75, 3.05) is 26.2 Å². The zero-order valence-corrected chi connectivity index (χ0v) is 17.3. The van der Waals surface area contributed by atoms with Crippen LogP contribution in [0.1, 0.15) is 31.7 Å². The molecule has 8 heteroatoms. The zero-order chi connectivity index (χ0) is 18.2. The predicted octanol–water partition coefficient (Wildman–Crippen LogP) is 2.68. The lowest BCUT2D eigenvalue weighted by molar-refractivity contribution is -0.119. The molecular formula is C18H27F2IN4O. The molecule has 0 spiro atoms. The van der Waals surface area contributed by atoms with Crippen LogP contribution >= 0.6 is 24.0 Å². The van der Waals surface area contributed by atoms with Gasteiger partial charge in [-0.2, -0.15) is 0 Å². The van der Waals surface area contributed by atoms with Gasteiger partial charge in [0.1, 0.15) is 0 Å². The van der Waals surface area contributed by atoms with Gasteiger partial charge in [-0.05, 0) is 43.7 Å². The van der Waals surface area contributed by atoms with Gasteiger partial charge in [-0.15, -0.1) is 24.0 Å². The number of aliphatic imine (C=N–C) groups is 1. The third-order valence-corrected chi connectivity index (χ3v) is 4.32. The van der Waals surface area contributed by atoms with Gasteiger partial charge >= 0.3 is 0 Å². The van der Waals surface area contributed by atoms with Crippen molar-refractivity contribution in [3.63, 3.8) is 0 Å². The quantitative estimate of drug-likeness (QED) is 0.374. The van der Waals surface area contributed by atoms with E-state index < -0.39 is 11.6 Å². The topological polar surface area (TPSA) is 70.7 Å². The van der Waals surface area contributed by atoms with Crippen molar-refractivity contribution in [1.82, 2.24) is 10.2 Å². The molecule has 1 aromatic carbocycles. The normalized spacial score (nSPS) is 17.6. The highest BCUT2D eigenvalue weighted by molar-refractivity contribution is 14.0. The Morgan fingerprint density at radius 3 is 2.88 bits per heavy atom. The summed E-state index contributed by atoms with van der Waals surface area (Å²) < 4.78 is 27.0. The summed E-state index contributed by atoms with van der Waals surface area (Å²) in [5, 5.41) is 3.23. The van der Waals surface area contributed by atoms with Crippen LogP contribution in [-0.2, 0) is 11.2 Å². The first-order valence-electron chi connectivity index (χ1n) is 8.75. The van der Waals surface area contributed by atoms with Crippen molar-refractivity contribution < 1.29 is 13.6 Å². The minimum atomic E-state index is -0.835. The number of hydrogen-bond donors (Lipinski definition) is 2. The summed E-state index contributed by atoms with van der Waals surface area (Å²) in [4.78, 5) is 17.8. The minimum Gasteiger partial charge on any atom is -0.370 e. The number of benzene rings is 1. The average molecular weight is 480 g/mol. The molecule has 0 radical (unpaired) electrons. The number of piperidine rings is 1. The Hall–Kier alpha value is -1.45. The molecule has 0 aromatic heterocycles. The van der Waals surface area contributed by atoms with Crippen molar-refractivity contribution in [2.45, 2.75) is 32.6 Å². The van der Waals surface area contributed by atoms with Crippen LogP contribution in [0.2, 0.25) is 0 Å². The van der Waals surface area contributed by atoms with Crippen LogP contribution in [0.3, 0.4) is 0 Å². The van der Waals surface area contributed by atoms with Gasteiger partial charge < -0.3 is 16.0 Å². The number of guanidine groups is 1. The van der Waals surface area contributed by atoms with E-state index >= 15 is 0 Å². The molecule has 5 nitrogen and oxygen atoms in total. The summed E-state index contributed by atoms with van der Waals surface area (Å²) >= 11 is 0. The highest BCUT2D eigenvalue weighted by Crippen LogP contribution is 2.19. The molecule has 1 aliphatic rings. The maximum atomic E-state index is 13.7. The fourth-order valence-electron chi connectivity index (χ4n) is 3.16. The number of primary amides is 1. The second-order valence-corrected chi connectivity index (χ2v) is 6.32. The van der Waals surface area contributed by atoms with Crippen LogP contribution in [0, 0.1) is 17.6 Å². The van der Waals surface area contributed by atoms with Crippen molar-refractivity contribution in [1.29, 1.82) is 0 Å². The van der Waals surface area contributed by atoms with Gasteiger partial charge in [0.25, 0.3) is 0 Å². The minimum absolute atomic E-state index is 0. The first-order valence-corrected chi connectivity index (χ1v) is 8.75. The summed E-state index contributed by atoms with van der Waals surface area (Å²) in [6.07, 6.45) is 2.66. The Kier molecular flexibility index (Phi) is 9.82. The number of rotatable bonds is 6. The van der Waals surface area contributed by atoms with E-state index in [2.05, 4.69) is 15.2 Å². The molecule has 1 atom stereocenters. The van der Waals surface area contributed by atoms with E-state index in [0.29, 0.717) is 31.5 Å². The lowest BCUT2D eigenvalue weighted by atomic mass is 9.95. The molecule has 0 aliphatic carbocycles. The van der Waals surface area contributed by atoms with Gasteiger partial charge in [-0.25, -0.2) is 8.78 Å². The van der Waals surface area contributed by atoms with Gasteiger partial charge in [0, 0.05) is 32.6 Å². The Morgan fingerprint density at radius 1 is 1.42 bits per heavy atom. The van der Waals surface area contributed by atoms with Crippen LogP contribution in [0.25, 0.3) is 0 Å². The Bertz CT molecular complexity index is 627. The van der Waals surface area contributed by atoms with E-state index in [4.69, 9.17) is 5.73 Å². The maximum Gasteiger partial charge on any atom is 0.217 e. The molecule has 2 rings (SSSR count). The predicted molar refractivity (Wildman–Crippen MR) is 110 cm³/mol. The summed E-state index contributed by atoms with van der Waals surface area (Å²) in [5.41, 5.74) is 5.63. The SMILES string of the molecule is CCNC(=NCCc1cccc(F)c1F)N1CCCC(CC(N)=O)C1.I. The molecule has 26 heavy (non-hydrogen) atoms. The Balaban J connectivity index is 0.00000338. The number of amides is 1. The second kappa shape index (κ2) is 11.3. The zero-order valence-electron chi connectivity index (χ0n) is 15.0. The van der Waals surface area contributed by atoms with Crippen LogP contribution in [0.5, 0.6) is 0 Å². The van der Waals surface area contributed by atoms with Gasteiger partial charge in [0.2, 0.25) is 5.91 Å². The summed E-state index contributed by atoms with van der Waals surface area (Å²) in [6, 6.07) is 4.19. The molecule has 3 N–H and O–H groups in total. The van der Waals surface area contributed by atoms with Gasteiger partial charge in [0.15, 0.2) is 17.6 Å². The number of carbonyl (C=O) groups excluding carboxylic acids is 1. The van der Waals surface area contributed by atoms with E-state index in [0.717, 1.165) is 38.0 Å². The van der Waals surface area contributed by atoms with Crippen LogP contribution < -0.4 is 11.1 Å². The smallest absolute Gasteiger partial charge is 0.217 e. The number of halogens is 3. The summed E-state index contributed by atoms with van der Waals surface area (Å²) in [7, 11) is 0. The van der Waals surface area contributed by atoms with Crippen LogP contribution in [0.4, 0.5) is 8.78 Å². The summed E-state index contributed by atoms with van der Waals surface area (Å²) in [6.45, 7) is 4.63. The Labute approximate surface area is 170 Å². The van der Waals surface area contributed by atoms with E-state index in [1.807, 2.05) is 6.92 Å². The molecule has 1 unspecified atom stereocenters. The van der Waals surface area contributed by atoms with Crippen molar-refractivity contribution in [2.24, 2.45) is 16.6 Å². The molecule has 1 fully saturated rings. The van der Waals surface area contributed by atoms with Crippen molar-refractivity contribution in [3.05, 3.63) is 35.4 Å². The third kappa shape index (κ3) is 6.69. The monoisotopic (exact) mass is 480 g/mol. The first kappa shape index (κ1) is 22.6. The highest BCUT2D eigenvalue weighted by atomic mass is 127. The van der Waals surface area contributed by atoms with Gasteiger partial charge in [-0.1, -0.05) is 12.1 Å². The van der Waals surface area contributed by atoms with Crippen molar-refractivity contribution >= 4 is 35.8 Å². The Morgan fingerprint density at radius 2 is 2.19 bits per heavy atom. The number of nitrogens with two attached hydrogens (primary N) is 1. The standard InChI is InChI=1S/C18H26F2N4O.HI/c1-2-22-18(24-10-4-5-13(12-24)11-16(21)25)23-9-8-14-6-3-7-15(19)17(14)20;/h3,6-7,13H,2,4-5,8-12H2,1H3,(H2,21,25)(H,22,23);1H. The van der Waals surface area contributed by atoms with Crippen molar-refractivity contribution in [3.8, 4) is 0 Å². The molecule has 0 saturated carbocycles. The molecule has 1 aliphatic heterocycles. The van der Waals surface area contributed by atoms with Gasteiger partial charge in [0.05, 0.1) is 0 Å². The molecule has 1 heterocycles. The molecule has 1 amide bonds. The first-order chi connectivity index (χ1) is 12.0. The average Bonchev–Trinajstić information content (AvgIpc) is 2.57. The van der Waals surface area contributed by atoms with E-state index in [9.17, 15) is 13.6 Å². The number of hydrogen-bond acceptors (Lipinski definition) is 2. The van der Waals surface area contributed by atoms with Gasteiger partial charge in [-0.3, -0.25) is 9.79 Å². The number of likely N-dealkylation sites (tertiary alicyclic amines) is 1. The third-order valence-electron chi connectivity index (χ3n) is 4.32. The maximum absolute atomic E-state index is 13.7. The van der Waals surface area contributed by atoms with E-state index in [1.54, 1.807) is 6.07 Å². The van der Waals surface area contributed by atoms with Crippen LogP contribution in [-0.4, -0.2) is 42.9 Å². The molecule has 1 saturated heterocycles. The lowest BCUT2D eigenvalue weighted by Gasteiger charge is -2.34. The van der Waals surface area contributed by atoms with E-state index in [-0.39, 0.29) is 35.8 Å². The highest BCUT2D eigenvalue weighted by Gasteiger charge is 2.23. The molecule has 146 valence electrons. The molecule has 1 aromatic rings. The molecular weight excluding hydrogens is 453 g/mol. The lowest BCUT2D eigenvalue weighted by Crippen LogP contribution is -2.47.